The first-order chi connectivity index (χ1) is 17.9. The molecule has 0 aliphatic carbocycles. The van der Waals surface area contributed by atoms with Crippen LogP contribution in [0.4, 0.5) is 5.82 Å². The van der Waals surface area contributed by atoms with E-state index in [0.717, 1.165) is 17.5 Å². The molecule has 1 aliphatic heterocycles. The second-order valence-corrected chi connectivity index (χ2v) is 11.9. The number of nitrogens with zero attached hydrogens (tertiary/aromatic N) is 3. The maximum absolute atomic E-state index is 12.2. The molecule has 0 bridgehead atoms. The molecule has 0 unspecified atom stereocenters. The third-order valence-electron chi connectivity index (χ3n) is 5.72. The molecule has 3 heterocycles. The van der Waals surface area contributed by atoms with Crippen LogP contribution in [0, 0.1) is 6.92 Å². The Hall–Kier alpha value is -3.73. The zero-order chi connectivity index (χ0) is 27.9. The Morgan fingerprint density at radius 1 is 1.16 bits per heavy atom. The van der Waals surface area contributed by atoms with Crippen molar-refractivity contribution in [3.63, 3.8) is 0 Å². The molecule has 1 aliphatic rings. The van der Waals surface area contributed by atoms with Crippen LogP contribution in [0.2, 0.25) is 0 Å². The fraction of sp³-hybridized carbons (Fsp3) is 0.407. The smallest absolute Gasteiger partial charge is 0.310 e. The highest BCUT2D eigenvalue weighted by Gasteiger charge is 2.29. The number of carbonyl (C=O) groups excluding carboxylic acids is 2. The third kappa shape index (κ3) is 7.41. The van der Waals surface area contributed by atoms with Gasteiger partial charge in [-0.25, -0.2) is 13.4 Å². The molecule has 1 saturated heterocycles. The van der Waals surface area contributed by atoms with E-state index in [1.807, 2.05) is 45.0 Å². The van der Waals surface area contributed by atoms with E-state index < -0.39 is 15.6 Å². The van der Waals surface area contributed by atoms with Crippen LogP contribution in [-0.4, -0.2) is 53.8 Å². The van der Waals surface area contributed by atoms with Crippen molar-refractivity contribution in [2.45, 2.75) is 59.1 Å². The third-order valence-corrected chi connectivity index (χ3v) is 7.56. The molecule has 1 aromatic carbocycles. The van der Waals surface area contributed by atoms with Crippen LogP contribution in [0.25, 0.3) is 10.9 Å². The van der Waals surface area contributed by atoms with Crippen LogP contribution in [0.3, 0.4) is 0 Å². The highest BCUT2D eigenvalue weighted by molar-refractivity contribution is 7.92. The van der Waals surface area contributed by atoms with Gasteiger partial charge >= 0.3 is 5.97 Å². The highest BCUT2D eigenvalue weighted by Crippen LogP contribution is 2.34. The van der Waals surface area contributed by atoms with E-state index in [2.05, 4.69) is 15.3 Å². The van der Waals surface area contributed by atoms with Crippen molar-refractivity contribution in [2.24, 2.45) is 0 Å². The van der Waals surface area contributed by atoms with Gasteiger partial charge in [0.15, 0.2) is 11.6 Å². The number of nitrogens with one attached hydrogen (secondary N) is 1. The van der Waals surface area contributed by atoms with Gasteiger partial charge in [0, 0.05) is 24.7 Å². The van der Waals surface area contributed by atoms with Gasteiger partial charge in [0.1, 0.15) is 11.1 Å². The van der Waals surface area contributed by atoms with Crippen LogP contribution in [-0.2, 0) is 37.3 Å². The molecule has 3 aromatic rings. The average molecular weight is 543 g/mol. The summed E-state index contributed by atoms with van der Waals surface area (Å²) in [7, 11) is -3.34. The summed E-state index contributed by atoms with van der Waals surface area (Å²) in [6.07, 6.45) is 3.91. The van der Waals surface area contributed by atoms with Crippen LogP contribution in [0.5, 0.6) is 5.75 Å². The number of aromatic nitrogens is 2. The Bertz CT molecular complexity index is 1400. The molecule has 1 amide bonds. The van der Waals surface area contributed by atoms with Crippen molar-refractivity contribution >= 4 is 39.1 Å². The van der Waals surface area contributed by atoms with E-state index in [-0.39, 0.29) is 23.9 Å². The van der Waals surface area contributed by atoms with E-state index in [0.29, 0.717) is 48.3 Å². The lowest BCUT2D eigenvalue weighted by Crippen LogP contribution is -2.38. The molecule has 2 N–H and O–H groups in total. The lowest BCUT2D eigenvalue weighted by molar-refractivity contribution is -0.153. The van der Waals surface area contributed by atoms with Crippen LogP contribution < -0.4 is 9.62 Å². The van der Waals surface area contributed by atoms with Gasteiger partial charge in [0.25, 0.3) is 0 Å². The van der Waals surface area contributed by atoms with Gasteiger partial charge in [0.05, 0.1) is 17.9 Å². The number of ether oxygens (including phenoxy) is 1. The summed E-state index contributed by atoms with van der Waals surface area (Å²) in [6, 6.07) is 10.9. The van der Waals surface area contributed by atoms with E-state index in [1.54, 1.807) is 25.3 Å². The number of rotatable bonds is 6. The van der Waals surface area contributed by atoms with E-state index in [9.17, 15) is 23.1 Å². The predicted octanol–water partition coefficient (Wildman–Crippen LogP) is 3.39. The van der Waals surface area contributed by atoms with Crippen molar-refractivity contribution in [1.82, 2.24) is 15.3 Å². The molecular formula is C27H34N4O6S. The fourth-order valence-corrected chi connectivity index (χ4v) is 5.62. The van der Waals surface area contributed by atoms with Crippen molar-refractivity contribution in [2.75, 3.05) is 16.6 Å². The van der Waals surface area contributed by atoms with E-state index in [1.165, 1.54) is 4.31 Å². The summed E-state index contributed by atoms with van der Waals surface area (Å²) in [6.45, 7) is 8.00. The number of anilines is 1. The molecule has 0 saturated carbocycles. The first-order valence-corrected chi connectivity index (χ1v) is 13.9. The molecular weight excluding hydrogens is 508 g/mol. The van der Waals surface area contributed by atoms with Crippen molar-refractivity contribution < 1.29 is 27.9 Å². The quantitative estimate of drug-likeness (QED) is 0.357. The highest BCUT2D eigenvalue weighted by atomic mass is 32.2. The molecule has 0 radical (unpaired) electrons. The van der Waals surface area contributed by atoms with E-state index >= 15 is 0 Å². The molecule has 10 nitrogen and oxygen atoms in total. The summed E-state index contributed by atoms with van der Waals surface area (Å²) < 4.78 is 31.1. The molecule has 4 rings (SSSR count). The predicted molar refractivity (Wildman–Crippen MR) is 145 cm³/mol. The van der Waals surface area contributed by atoms with Gasteiger partial charge in [-0.1, -0.05) is 24.3 Å². The van der Waals surface area contributed by atoms with Crippen molar-refractivity contribution in [1.29, 1.82) is 0 Å². The summed E-state index contributed by atoms with van der Waals surface area (Å²) in [4.78, 5) is 30.4. The number of carbonyl (C=O) groups is 2. The number of benzene rings is 1. The van der Waals surface area contributed by atoms with Gasteiger partial charge in [-0.15, -0.1) is 0 Å². The number of pyridine rings is 2. The maximum atomic E-state index is 12.2. The van der Waals surface area contributed by atoms with Gasteiger partial charge in [-0.3, -0.25) is 18.9 Å². The number of hydrogen-bond acceptors (Lipinski definition) is 8. The summed E-state index contributed by atoms with van der Waals surface area (Å²) in [5.41, 5.74) is 2.09. The zero-order valence-electron chi connectivity index (χ0n) is 22.1. The normalized spacial score (nSPS) is 14.8. The fourth-order valence-electron chi connectivity index (χ4n) is 4.02. The number of sulfonamides is 1. The molecule has 38 heavy (non-hydrogen) atoms. The largest absolute Gasteiger partial charge is 0.504 e. The monoisotopic (exact) mass is 542 g/mol. The lowest BCUT2D eigenvalue weighted by atomic mass is 10.0. The SMILES string of the molecule is CC(C)(C)OC(=O)Cc1ccccc1CNC=O.Cc1nc(N2CCCCS2(=O)=O)c2cccnc2c1O. The number of aryl methyl sites for hydroxylation is 1. The molecule has 0 spiro atoms. The summed E-state index contributed by atoms with van der Waals surface area (Å²) >= 11 is 0. The van der Waals surface area contributed by atoms with E-state index in [4.69, 9.17) is 4.74 Å². The van der Waals surface area contributed by atoms with Crippen LogP contribution in [0.15, 0.2) is 42.6 Å². The maximum Gasteiger partial charge on any atom is 0.310 e. The second-order valence-electron chi connectivity index (χ2n) is 9.89. The first-order valence-electron chi connectivity index (χ1n) is 12.3. The minimum absolute atomic E-state index is 0.00115. The number of hydrogen-bond donors (Lipinski definition) is 2. The standard InChI is InChI=1S/C14H19NO3.C13H15N3O3S/c1-14(2,3)18-13(17)8-11-6-4-5-7-12(11)9-15-10-16;1-9-12(17)11-10(5-4-6-14-11)13(15-9)16-7-2-3-8-20(16,18)19/h4-7,10H,8-9H2,1-3H3,(H,15,16);4-6,17H,2-3,7-8H2,1H3. The Kier molecular flexibility index (Phi) is 9.26. The number of amides is 1. The average Bonchev–Trinajstić information content (AvgIpc) is 2.85. The Morgan fingerprint density at radius 2 is 1.87 bits per heavy atom. The Balaban J connectivity index is 0.000000212. The number of esters is 1. The molecule has 11 heteroatoms. The Labute approximate surface area is 223 Å². The van der Waals surface area contributed by atoms with Crippen LogP contribution >= 0.6 is 0 Å². The van der Waals surface area contributed by atoms with Crippen molar-refractivity contribution in [3.05, 3.63) is 59.4 Å². The number of fused-ring (bicyclic) bond motifs is 1. The minimum Gasteiger partial charge on any atom is -0.504 e. The summed E-state index contributed by atoms with van der Waals surface area (Å²) in [5, 5.41) is 13.2. The molecule has 2 aromatic heterocycles. The lowest BCUT2D eigenvalue weighted by Gasteiger charge is -2.28. The molecule has 204 valence electrons. The minimum atomic E-state index is -3.34. The Morgan fingerprint density at radius 3 is 2.53 bits per heavy atom. The first kappa shape index (κ1) is 28.8. The van der Waals surface area contributed by atoms with Crippen molar-refractivity contribution in [3.8, 4) is 5.75 Å². The molecule has 1 fully saturated rings. The number of aromatic hydroxyl groups is 1. The van der Waals surface area contributed by atoms with Gasteiger partial charge in [-0.05, 0) is 63.8 Å². The van der Waals surface area contributed by atoms with Gasteiger partial charge in [0.2, 0.25) is 16.4 Å². The zero-order valence-corrected chi connectivity index (χ0v) is 22.9. The van der Waals surface area contributed by atoms with Gasteiger partial charge in [-0.2, -0.15) is 0 Å². The topological polar surface area (TPSA) is 139 Å². The van der Waals surface area contributed by atoms with Gasteiger partial charge < -0.3 is 15.2 Å². The van der Waals surface area contributed by atoms with Crippen LogP contribution in [0.1, 0.15) is 50.4 Å². The molecule has 0 atom stereocenters. The summed E-state index contributed by atoms with van der Waals surface area (Å²) in [5.74, 6) is 0.235. The second kappa shape index (κ2) is 12.2.